The third kappa shape index (κ3) is 4.19. The van der Waals surface area contributed by atoms with Gasteiger partial charge in [0, 0.05) is 5.69 Å². The SMILES string of the molecule is N#Cc1ccc(NS(=O)(=O)c2cccc(S(=O)(=O)[C@@H]3CCS(=O)(=O)C3)c2)cc1. The Balaban J connectivity index is 1.90. The number of hydrogen-bond acceptors (Lipinski definition) is 7. The molecule has 0 saturated carbocycles. The zero-order valence-electron chi connectivity index (χ0n) is 14.4. The molecule has 1 saturated heterocycles. The summed E-state index contributed by atoms with van der Waals surface area (Å²) >= 11 is 0. The highest BCUT2D eigenvalue weighted by atomic mass is 32.2. The summed E-state index contributed by atoms with van der Waals surface area (Å²) in [5.74, 6) is -0.662. The Bertz CT molecular complexity index is 1260. The van der Waals surface area contributed by atoms with Gasteiger partial charge < -0.3 is 0 Å². The summed E-state index contributed by atoms with van der Waals surface area (Å²) in [6, 6.07) is 12.5. The molecule has 11 heteroatoms. The Morgan fingerprint density at radius 2 is 1.64 bits per heavy atom. The molecule has 1 aliphatic heterocycles. The van der Waals surface area contributed by atoms with E-state index in [2.05, 4.69) is 4.72 Å². The first-order valence-corrected chi connectivity index (χ1v) is 13.0. The molecule has 8 nitrogen and oxygen atoms in total. The molecule has 2 aromatic rings. The summed E-state index contributed by atoms with van der Waals surface area (Å²) < 4.78 is 76.2. The number of benzene rings is 2. The van der Waals surface area contributed by atoms with Gasteiger partial charge in [0.15, 0.2) is 19.7 Å². The first-order valence-electron chi connectivity index (χ1n) is 8.11. The van der Waals surface area contributed by atoms with E-state index in [1.54, 1.807) is 0 Å². The molecule has 1 heterocycles. The summed E-state index contributed by atoms with van der Waals surface area (Å²) in [6.45, 7) is 0. The zero-order valence-corrected chi connectivity index (χ0v) is 16.9. The second kappa shape index (κ2) is 7.20. The molecule has 0 amide bonds. The van der Waals surface area contributed by atoms with Gasteiger partial charge in [-0.1, -0.05) is 6.07 Å². The van der Waals surface area contributed by atoms with E-state index in [1.165, 1.54) is 42.5 Å². The lowest BCUT2D eigenvalue weighted by molar-refractivity contribution is 0.582. The molecule has 28 heavy (non-hydrogen) atoms. The molecule has 1 atom stereocenters. The van der Waals surface area contributed by atoms with Crippen LogP contribution in [0.25, 0.3) is 0 Å². The van der Waals surface area contributed by atoms with Gasteiger partial charge in [0.2, 0.25) is 0 Å². The number of rotatable bonds is 5. The van der Waals surface area contributed by atoms with E-state index in [0.29, 0.717) is 5.56 Å². The normalized spacial score (nSPS) is 19.0. The van der Waals surface area contributed by atoms with Crippen LogP contribution in [0.5, 0.6) is 0 Å². The van der Waals surface area contributed by atoms with Crippen LogP contribution in [0.3, 0.4) is 0 Å². The summed E-state index contributed by atoms with van der Waals surface area (Å²) in [5, 5.41) is 7.70. The van der Waals surface area contributed by atoms with E-state index in [-0.39, 0.29) is 27.7 Å². The number of nitriles is 1. The van der Waals surface area contributed by atoms with Crippen LogP contribution in [0.1, 0.15) is 12.0 Å². The van der Waals surface area contributed by atoms with Crippen molar-refractivity contribution in [3.05, 3.63) is 54.1 Å². The predicted octanol–water partition coefficient (Wildman–Crippen LogP) is 1.32. The van der Waals surface area contributed by atoms with Crippen molar-refractivity contribution in [1.29, 1.82) is 5.26 Å². The zero-order chi connectivity index (χ0) is 20.6. The summed E-state index contributed by atoms with van der Waals surface area (Å²) in [5.41, 5.74) is 0.580. The average molecular weight is 441 g/mol. The Morgan fingerprint density at radius 3 is 2.21 bits per heavy atom. The number of nitrogens with one attached hydrogen (secondary N) is 1. The summed E-state index contributed by atoms with van der Waals surface area (Å²) in [4.78, 5) is -0.504. The van der Waals surface area contributed by atoms with Gasteiger partial charge in [-0.2, -0.15) is 5.26 Å². The molecule has 0 aromatic heterocycles. The highest BCUT2D eigenvalue weighted by Crippen LogP contribution is 2.27. The molecule has 1 aliphatic rings. The number of sulfone groups is 2. The molecule has 148 valence electrons. The van der Waals surface area contributed by atoms with Gasteiger partial charge in [0.25, 0.3) is 10.0 Å². The first-order chi connectivity index (χ1) is 13.0. The molecule has 0 spiro atoms. The second-order valence-electron chi connectivity index (χ2n) is 6.34. The molecule has 1 fully saturated rings. The lowest BCUT2D eigenvalue weighted by Gasteiger charge is -2.12. The van der Waals surface area contributed by atoms with E-state index in [0.717, 1.165) is 6.07 Å². The van der Waals surface area contributed by atoms with E-state index in [1.807, 2.05) is 6.07 Å². The standard InChI is InChI=1S/C17H16N2O6S3/c18-11-13-4-6-14(7-5-13)19-28(24,25)16-3-1-2-15(10-16)27(22,23)17-8-9-26(20,21)12-17/h1-7,10,17,19H,8-9,12H2/t17-/m1/s1. The van der Waals surface area contributed by atoms with Gasteiger partial charge in [0.05, 0.1) is 38.2 Å². The highest BCUT2D eigenvalue weighted by Gasteiger charge is 2.38. The van der Waals surface area contributed by atoms with E-state index < -0.39 is 40.7 Å². The second-order valence-corrected chi connectivity index (χ2v) is 12.5. The third-order valence-electron chi connectivity index (χ3n) is 4.34. The molecule has 3 rings (SSSR count). The quantitative estimate of drug-likeness (QED) is 0.740. The molecule has 0 radical (unpaired) electrons. The van der Waals surface area contributed by atoms with Crippen LogP contribution in [-0.2, 0) is 29.7 Å². The van der Waals surface area contributed by atoms with Crippen molar-refractivity contribution in [3.63, 3.8) is 0 Å². The first kappa shape index (κ1) is 20.3. The van der Waals surface area contributed by atoms with E-state index in [9.17, 15) is 25.3 Å². The molecule has 0 aliphatic carbocycles. The van der Waals surface area contributed by atoms with Crippen LogP contribution in [0.4, 0.5) is 5.69 Å². The fourth-order valence-corrected chi connectivity index (χ4v) is 8.43. The highest BCUT2D eigenvalue weighted by molar-refractivity contribution is 7.96. The maximum absolute atomic E-state index is 12.7. The Labute approximate surface area is 163 Å². The van der Waals surface area contributed by atoms with Gasteiger partial charge in [-0.15, -0.1) is 0 Å². The summed E-state index contributed by atoms with van der Waals surface area (Å²) in [6.07, 6.45) is -0.00879. The largest absolute Gasteiger partial charge is 0.280 e. The van der Waals surface area contributed by atoms with Gasteiger partial charge in [0.1, 0.15) is 0 Å². The molecule has 2 aromatic carbocycles. The Morgan fingerprint density at radius 1 is 1.00 bits per heavy atom. The van der Waals surface area contributed by atoms with Gasteiger partial charge in [-0.25, -0.2) is 25.3 Å². The Hall–Kier alpha value is -2.42. The fraction of sp³-hybridized carbons (Fsp3) is 0.235. The molecule has 1 N–H and O–H groups in total. The van der Waals surface area contributed by atoms with Crippen molar-refractivity contribution < 1.29 is 25.3 Å². The minimum atomic E-state index is -4.08. The average Bonchev–Trinajstić information content (AvgIpc) is 3.03. The number of sulfonamides is 1. The van der Waals surface area contributed by atoms with Gasteiger partial charge in [-0.05, 0) is 48.9 Å². The lowest BCUT2D eigenvalue weighted by atomic mass is 10.2. The fourth-order valence-electron chi connectivity index (χ4n) is 2.84. The molecular weight excluding hydrogens is 424 g/mol. The topological polar surface area (TPSA) is 138 Å². The molecular formula is C17H16N2O6S3. The molecule has 0 bridgehead atoms. The minimum Gasteiger partial charge on any atom is -0.280 e. The van der Waals surface area contributed by atoms with Crippen molar-refractivity contribution in [3.8, 4) is 6.07 Å². The van der Waals surface area contributed by atoms with Gasteiger partial charge in [-0.3, -0.25) is 4.72 Å². The summed E-state index contributed by atoms with van der Waals surface area (Å²) in [7, 11) is -11.5. The number of anilines is 1. The van der Waals surface area contributed by atoms with Crippen LogP contribution in [0.15, 0.2) is 58.3 Å². The predicted molar refractivity (Wildman–Crippen MR) is 103 cm³/mol. The van der Waals surface area contributed by atoms with Crippen molar-refractivity contribution in [2.24, 2.45) is 0 Å². The van der Waals surface area contributed by atoms with Crippen molar-refractivity contribution in [1.82, 2.24) is 0 Å². The Kier molecular flexibility index (Phi) is 5.22. The van der Waals surface area contributed by atoms with Crippen molar-refractivity contribution >= 4 is 35.4 Å². The van der Waals surface area contributed by atoms with Crippen LogP contribution in [0, 0.1) is 11.3 Å². The molecule has 0 unspecified atom stereocenters. The smallest absolute Gasteiger partial charge is 0.261 e. The van der Waals surface area contributed by atoms with Crippen molar-refractivity contribution in [2.75, 3.05) is 16.2 Å². The lowest BCUT2D eigenvalue weighted by Crippen LogP contribution is -2.23. The maximum Gasteiger partial charge on any atom is 0.261 e. The van der Waals surface area contributed by atoms with E-state index in [4.69, 9.17) is 5.26 Å². The van der Waals surface area contributed by atoms with Crippen LogP contribution < -0.4 is 4.72 Å². The van der Waals surface area contributed by atoms with E-state index >= 15 is 0 Å². The van der Waals surface area contributed by atoms with Gasteiger partial charge >= 0.3 is 0 Å². The third-order valence-corrected chi connectivity index (χ3v) is 9.89. The van der Waals surface area contributed by atoms with Crippen LogP contribution in [0.2, 0.25) is 0 Å². The monoisotopic (exact) mass is 440 g/mol. The number of hydrogen-bond donors (Lipinski definition) is 1. The number of nitrogens with zero attached hydrogens (tertiary/aromatic N) is 1. The van der Waals surface area contributed by atoms with Crippen LogP contribution >= 0.6 is 0 Å². The van der Waals surface area contributed by atoms with Crippen LogP contribution in [-0.4, -0.2) is 42.0 Å². The minimum absolute atomic E-state index is 0.00879. The van der Waals surface area contributed by atoms with Crippen molar-refractivity contribution in [2.45, 2.75) is 21.5 Å². The maximum atomic E-state index is 12.7.